The Bertz CT molecular complexity index is 1210. The van der Waals surface area contributed by atoms with Gasteiger partial charge in [-0.05, 0) is 60.9 Å². The van der Waals surface area contributed by atoms with Crippen LogP contribution in [-0.4, -0.2) is 47.9 Å². The van der Waals surface area contributed by atoms with E-state index in [1.807, 2.05) is 12.1 Å². The molecular weight excluding hydrogens is 462 g/mol. The molecule has 3 N–H and O–H groups in total. The first kappa shape index (κ1) is 23.8. The van der Waals surface area contributed by atoms with Gasteiger partial charge in [0.25, 0.3) is 0 Å². The van der Waals surface area contributed by atoms with Crippen LogP contribution in [0.25, 0.3) is 10.8 Å². The number of aromatic nitrogens is 2. The third-order valence-corrected chi connectivity index (χ3v) is 7.74. The Labute approximate surface area is 209 Å². The number of thioether (sulfide) groups is 1. The van der Waals surface area contributed by atoms with Gasteiger partial charge in [0.05, 0.1) is 31.9 Å². The minimum atomic E-state index is -0.0190. The van der Waals surface area contributed by atoms with Crippen molar-refractivity contribution in [3.05, 3.63) is 47.8 Å². The van der Waals surface area contributed by atoms with Crippen LogP contribution in [-0.2, 0) is 17.9 Å². The largest absolute Gasteiger partial charge is 0.497 e. The van der Waals surface area contributed by atoms with Crippen molar-refractivity contribution in [1.29, 1.82) is 0 Å². The molecule has 0 atom stereocenters. The van der Waals surface area contributed by atoms with Crippen LogP contribution >= 0.6 is 11.8 Å². The van der Waals surface area contributed by atoms with Crippen LogP contribution in [0.3, 0.4) is 0 Å². The van der Waals surface area contributed by atoms with Gasteiger partial charge in [0, 0.05) is 30.6 Å². The molecule has 0 spiro atoms. The number of benzene rings is 2. The van der Waals surface area contributed by atoms with Gasteiger partial charge in [0.15, 0.2) is 5.82 Å². The quantitative estimate of drug-likeness (QED) is 0.435. The number of rotatable bonds is 8. The fraction of sp³-hybridized carbons (Fsp3) is 0.423. The summed E-state index contributed by atoms with van der Waals surface area (Å²) in [4.78, 5) is 20.6. The number of nitrogens with zero attached hydrogens (tertiary/aromatic N) is 2. The van der Waals surface area contributed by atoms with Gasteiger partial charge in [-0.25, -0.2) is 9.97 Å². The lowest BCUT2D eigenvalue weighted by atomic mass is 9.91. The number of methoxy groups -OCH3 is 2. The molecule has 1 aromatic heterocycles. The molecule has 1 saturated carbocycles. The summed E-state index contributed by atoms with van der Waals surface area (Å²) in [6.07, 6.45) is 6.27. The maximum Gasteiger partial charge on any atom is 0.236 e. The van der Waals surface area contributed by atoms with Crippen molar-refractivity contribution in [2.45, 2.75) is 55.9 Å². The van der Waals surface area contributed by atoms with Crippen LogP contribution in [0.15, 0.2) is 41.6 Å². The van der Waals surface area contributed by atoms with E-state index < -0.39 is 0 Å². The van der Waals surface area contributed by atoms with E-state index in [0.29, 0.717) is 30.2 Å². The predicted octanol–water partition coefficient (Wildman–Crippen LogP) is 3.88. The first-order chi connectivity index (χ1) is 17.1. The van der Waals surface area contributed by atoms with Crippen LogP contribution < -0.4 is 25.4 Å². The first-order valence-corrected chi connectivity index (χ1v) is 13.0. The fourth-order valence-corrected chi connectivity index (χ4v) is 5.51. The summed E-state index contributed by atoms with van der Waals surface area (Å²) >= 11 is 1.43. The summed E-state index contributed by atoms with van der Waals surface area (Å²) in [6, 6.07) is 11.3. The van der Waals surface area contributed by atoms with Crippen molar-refractivity contribution < 1.29 is 14.3 Å². The molecule has 3 aromatic rings. The van der Waals surface area contributed by atoms with E-state index in [0.717, 1.165) is 65.2 Å². The Morgan fingerprint density at radius 1 is 1.00 bits per heavy atom. The Hall–Kier alpha value is -2.88. The summed E-state index contributed by atoms with van der Waals surface area (Å²) in [6.45, 7) is 1.47. The zero-order valence-corrected chi connectivity index (χ0v) is 20.9. The molecule has 1 fully saturated rings. The minimum absolute atomic E-state index is 0.0190. The van der Waals surface area contributed by atoms with Crippen molar-refractivity contribution in [3.63, 3.8) is 0 Å². The number of hydrogen-bond acceptors (Lipinski definition) is 8. The van der Waals surface area contributed by atoms with E-state index in [2.05, 4.69) is 44.1 Å². The van der Waals surface area contributed by atoms with E-state index in [1.54, 1.807) is 20.4 Å². The molecular formula is C26H31N5O3S. The average molecular weight is 494 g/mol. The molecule has 2 aromatic carbocycles. The summed E-state index contributed by atoms with van der Waals surface area (Å²) in [5.74, 6) is 2.70. The average Bonchev–Trinajstić information content (AvgIpc) is 2.90. The third-order valence-electron chi connectivity index (χ3n) is 6.76. The van der Waals surface area contributed by atoms with Crippen LogP contribution in [0.1, 0.15) is 36.9 Å². The molecule has 0 radical (unpaired) electrons. The number of amides is 1. The highest BCUT2D eigenvalue weighted by molar-refractivity contribution is 8.00. The zero-order valence-electron chi connectivity index (χ0n) is 20.1. The number of carbonyl (C=O) groups excluding carboxylic acids is 1. The highest BCUT2D eigenvalue weighted by Gasteiger charge is 2.22. The van der Waals surface area contributed by atoms with Crippen molar-refractivity contribution in [2.75, 3.05) is 25.3 Å². The summed E-state index contributed by atoms with van der Waals surface area (Å²) in [7, 11) is 3.40. The lowest BCUT2D eigenvalue weighted by Gasteiger charge is -2.30. The van der Waals surface area contributed by atoms with Gasteiger partial charge >= 0.3 is 0 Å². The predicted molar refractivity (Wildman–Crippen MR) is 138 cm³/mol. The molecule has 0 saturated heterocycles. The van der Waals surface area contributed by atoms with E-state index in [-0.39, 0.29) is 5.91 Å². The summed E-state index contributed by atoms with van der Waals surface area (Å²) in [5, 5.41) is 13.3. The van der Waals surface area contributed by atoms with Gasteiger partial charge < -0.3 is 25.4 Å². The Morgan fingerprint density at radius 3 is 2.51 bits per heavy atom. The molecule has 35 heavy (non-hydrogen) atoms. The van der Waals surface area contributed by atoms with Crippen molar-refractivity contribution in [1.82, 2.24) is 20.6 Å². The van der Waals surface area contributed by atoms with Crippen molar-refractivity contribution in [2.24, 2.45) is 0 Å². The molecule has 2 heterocycles. The van der Waals surface area contributed by atoms with Gasteiger partial charge in [0.1, 0.15) is 16.5 Å². The number of carbonyl (C=O) groups is 1. The van der Waals surface area contributed by atoms with Crippen molar-refractivity contribution in [3.8, 4) is 11.5 Å². The van der Waals surface area contributed by atoms with Crippen LogP contribution in [0.4, 0.5) is 5.82 Å². The molecule has 2 aliphatic rings. The normalized spacial score (nSPS) is 19.8. The molecule has 1 aliphatic heterocycles. The smallest absolute Gasteiger partial charge is 0.236 e. The van der Waals surface area contributed by atoms with E-state index in [4.69, 9.17) is 9.47 Å². The van der Waals surface area contributed by atoms with Gasteiger partial charge in [0.2, 0.25) is 5.91 Å². The van der Waals surface area contributed by atoms with Gasteiger partial charge in [-0.2, -0.15) is 0 Å². The van der Waals surface area contributed by atoms with E-state index >= 15 is 0 Å². The van der Waals surface area contributed by atoms with Crippen molar-refractivity contribution >= 4 is 34.3 Å². The van der Waals surface area contributed by atoms with Gasteiger partial charge in [-0.15, -0.1) is 0 Å². The standard InChI is InChI=1S/C26H31N5O3S/c1-33-20-8-9-21-22(11-20)16(3-10-23(21)34-2)12-27-17-4-6-18(7-5-17)28-13-19-14-29-26-25(30-19)31-24(32)15-35-26/h3,8-11,14,17-18,27-28H,4-7,12-13,15H2,1-2H3,(H,30,31,32)/t17-,18-. The lowest BCUT2D eigenvalue weighted by molar-refractivity contribution is -0.113. The van der Waals surface area contributed by atoms with Crippen LogP contribution in [0.2, 0.25) is 0 Å². The molecule has 5 rings (SSSR count). The second kappa shape index (κ2) is 10.8. The van der Waals surface area contributed by atoms with E-state index in [9.17, 15) is 4.79 Å². The third kappa shape index (κ3) is 5.52. The maximum atomic E-state index is 11.6. The number of ether oxygens (including phenoxy) is 2. The molecule has 1 amide bonds. The summed E-state index contributed by atoms with van der Waals surface area (Å²) in [5.41, 5.74) is 2.10. The minimum Gasteiger partial charge on any atom is -0.497 e. The van der Waals surface area contributed by atoms with Crippen LogP contribution in [0, 0.1) is 0 Å². The molecule has 9 heteroatoms. The summed E-state index contributed by atoms with van der Waals surface area (Å²) < 4.78 is 11.0. The molecule has 8 nitrogen and oxygen atoms in total. The highest BCUT2D eigenvalue weighted by Crippen LogP contribution is 2.32. The van der Waals surface area contributed by atoms with Gasteiger partial charge in [-0.3, -0.25) is 4.79 Å². The lowest BCUT2D eigenvalue weighted by Crippen LogP contribution is -2.39. The number of hydrogen-bond donors (Lipinski definition) is 3. The number of anilines is 1. The molecule has 1 aliphatic carbocycles. The first-order valence-electron chi connectivity index (χ1n) is 12.0. The van der Waals surface area contributed by atoms with Crippen LogP contribution in [0.5, 0.6) is 11.5 Å². The number of nitrogens with one attached hydrogen (secondary N) is 3. The van der Waals surface area contributed by atoms with Gasteiger partial charge in [-0.1, -0.05) is 17.8 Å². The SMILES string of the molecule is COc1ccc2c(OC)ccc(CN[C@H]3CC[C@H](NCc4cnc5c(n4)NC(=O)CS5)CC3)c2c1. The monoisotopic (exact) mass is 493 g/mol. The second-order valence-corrected chi connectivity index (χ2v) is 9.96. The fourth-order valence-electron chi connectivity index (χ4n) is 4.81. The topological polar surface area (TPSA) is 97.4 Å². The second-order valence-electron chi connectivity index (χ2n) is 9.00. The Kier molecular flexibility index (Phi) is 7.36. The zero-order chi connectivity index (χ0) is 24.2. The Balaban J connectivity index is 1.13. The molecule has 184 valence electrons. The maximum absolute atomic E-state index is 11.6. The van der Waals surface area contributed by atoms with E-state index in [1.165, 1.54) is 17.3 Å². The molecule has 0 unspecified atom stereocenters. The molecule has 0 bridgehead atoms. The Morgan fingerprint density at radius 2 is 1.77 bits per heavy atom. The highest BCUT2D eigenvalue weighted by atomic mass is 32.2. The number of fused-ring (bicyclic) bond motifs is 2.